The van der Waals surface area contributed by atoms with E-state index in [1.54, 1.807) is 12.3 Å². The molecule has 4 heteroatoms. The van der Waals surface area contributed by atoms with Gasteiger partial charge in [-0.1, -0.05) is 30.1 Å². The summed E-state index contributed by atoms with van der Waals surface area (Å²) in [5, 5.41) is 1.24. The smallest absolute Gasteiger partial charge is 0.147 e. The van der Waals surface area contributed by atoms with Gasteiger partial charge in [-0.2, -0.15) is 0 Å². The minimum absolute atomic E-state index is 0.591. The van der Waals surface area contributed by atoms with Gasteiger partial charge in [-0.3, -0.25) is 0 Å². The second kappa shape index (κ2) is 4.58. The molecule has 1 fully saturated rings. The van der Waals surface area contributed by atoms with Crippen molar-refractivity contribution >= 4 is 29.0 Å². The molecule has 0 aliphatic carbocycles. The SMILES string of the molecule is CC1CCCN(c2ncc(Cl)cc2Cl)C1. The van der Waals surface area contributed by atoms with Crippen molar-refractivity contribution in [2.45, 2.75) is 19.8 Å². The summed E-state index contributed by atoms with van der Waals surface area (Å²) in [6, 6.07) is 1.75. The highest BCUT2D eigenvalue weighted by Gasteiger charge is 2.19. The highest BCUT2D eigenvalue weighted by Crippen LogP contribution is 2.29. The van der Waals surface area contributed by atoms with Crippen LogP contribution in [0.4, 0.5) is 5.82 Å². The lowest BCUT2D eigenvalue weighted by atomic mass is 10.0. The topological polar surface area (TPSA) is 16.1 Å². The van der Waals surface area contributed by atoms with Crippen LogP contribution >= 0.6 is 23.2 Å². The van der Waals surface area contributed by atoms with Crippen LogP contribution in [0.15, 0.2) is 12.3 Å². The molecule has 0 bridgehead atoms. The summed E-state index contributed by atoms with van der Waals surface area (Å²) in [5.41, 5.74) is 0. The van der Waals surface area contributed by atoms with Crippen LogP contribution in [0.5, 0.6) is 0 Å². The molecule has 1 aromatic rings. The first kappa shape index (κ1) is 11.0. The minimum atomic E-state index is 0.591. The number of hydrogen-bond donors (Lipinski definition) is 0. The van der Waals surface area contributed by atoms with Crippen LogP contribution in [-0.4, -0.2) is 18.1 Å². The molecule has 2 heterocycles. The Morgan fingerprint density at radius 1 is 1.47 bits per heavy atom. The number of nitrogens with zero attached hydrogens (tertiary/aromatic N) is 2. The Balaban J connectivity index is 2.21. The third-order valence-corrected chi connectivity index (χ3v) is 3.23. The third-order valence-electron chi connectivity index (χ3n) is 2.74. The highest BCUT2D eigenvalue weighted by molar-refractivity contribution is 6.36. The van der Waals surface area contributed by atoms with Crippen molar-refractivity contribution in [1.82, 2.24) is 4.98 Å². The van der Waals surface area contributed by atoms with E-state index in [2.05, 4.69) is 16.8 Å². The average molecular weight is 245 g/mol. The summed E-state index contributed by atoms with van der Waals surface area (Å²) in [5.74, 6) is 1.58. The zero-order valence-corrected chi connectivity index (χ0v) is 10.2. The Hall–Kier alpha value is -0.470. The average Bonchev–Trinajstić information content (AvgIpc) is 2.17. The third kappa shape index (κ3) is 2.56. The normalized spacial score (nSPS) is 21.8. The molecule has 82 valence electrons. The van der Waals surface area contributed by atoms with Gasteiger partial charge in [0.25, 0.3) is 0 Å². The Morgan fingerprint density at radius 2 is 2.27 bits per heavy atom. The van der Waals surface area contributed by atoms with Gasteiger partial charge in [0.05, 0.1) is 10.0 Å². The molecule has 0 spiro atoms. The molecule has 15 heavy (non-hydrogen) atoms. The van der Waals surface area contributed by atoms with Crippen molar-refractivity contribution in [2.75, 3.05) is 18.0 Å². The van der Waals surface area contributed by atoms with Crippen molar-refractivity contribution in [3.8, 4) is 0 Å². The van der Waals surface area contributed by atoms with Crippen LogP contribution in [0.2, 0.25) is 10.0 Å². The summed E-state index contributed by atoms with van der Waals surface area (Å²) in [6.07, 6.45) is 4.16. The summed E-state index contributed by atoms with van der Waals surface area (Å²) in [6.45, 7) is 4.34. The second-order valence-electron chi connectivity index (χ2n) is 4.15. The van der Waals surface area contributed by atoms with E-state index in [0.717, 1.165) is 18.9 Å². The highest BCUT2D eigenvalue weighted by atomic mass is 35.5. The largest absolute Gasteiger partial charge is 0.355 e. The molecular weight excluding hydrogens is 231 g/mol. The molecule has 2 rings (SSSR count). The number of halogens is 2. The maximum Gasteiger partial charge on any atom is 0.147 e. The van der Waals surface area contributed by atoms with E-state index in [1.807, 2.05) is 0 Å². The Bertz CT molecular complexity index is 354. The number of piperidine rings is 1. The van der Waals surface area contributed by atoms with Crippen molar-refractivity contribution in [1.29, 1.82) is 0 Å². The molecule has 1 aliphatic rings. The Labute approximate surface area is 100 Å². The van der Waals surface area contributed by atoms with Gasteiger partial charge in [0, 0.05) is 19.3 Å². The fourth-order valence-electron chi connectivity index (χ4n) is 2.02. The summed E-state index contributed by atoms with van der Waals surface area (Å²) >= 11 is 11.9. The summed E-state index contributed by atoms with van der Waals surface area (Å²) in [4.78, 5) is 6.54. The van der Waals surface area contributed by atoms with Crippen LogP contribution in [0, 0.1) is 5.92 Å². The van der Waals surface area contributed by atoms with Crippen LogP contribution < -0.4 is 4.90 Å². The lowest BCUT2D eigenvalue weighted by Crippen LogP contribution is -2.34. The first-order chi connectivity index (χ1) is 7.16. The predicted molar refractivity (Wildman–Crippen MR) is 64.9 cm³/mol. The quantitative estimate of drug-likeness (QED) is 0.751. The van der Waals surface area contributed by atoms with Crippen molar-refractivity contribution in [3.05, 3.63) is 22.3 Å². The lowest BCUT2D eigenvalue weighted by molar-refractivity contribution is 0.444. The second-order valence-corrected chi connectivity index (χ2v) is 5.00. The Kier molecular flexibility index (Phi) is 3.37. The molecule has 1 saturated heterocycles. The first-order valence-corrected chi connectivity index (χ1v) is 5.98. The van der Waals surface area contributed by atoms with E-state index in [0.29, 0.717) is 16.0 Å². The number of hydrogen-bond acceptors (Lipinski definition) is 2. The maximum absolute atomic E-state index is 6.12. The predicted octanol–water partition coefficient (Wildman–Crippen LogP) is 3.62. The van der Waals surface area contributed by atoms with Gasteiger partial charge < -0.3 is 4.90 Å². The van der Waals surface area contributed by atoms with E-state index in [1.165, 1.54) is 12.8 Å². The van der Waals surface area contributed by atoms with Crippen LogP contribution in [-0.2, 0) is 0 Å². The van der Waals surface area contributed by atoms with Gasteiger partial charge in [-0.15, -0.1) is 0 Å². The number of anilines is 1. The van der Waals surface area contributed by atoms with E-state index >= 15 is 0 Å². The van der Waals surface area contributed by atoms with Gasteiger partial charge in [-0.25, -0.2) is 4.98 Å². The molecule has 0 saturated carbocycles. The summed E-state index contributed by atoms with van der Waals surface area (Å²) in [7, 11) is 0. The lowest BCUT2D eigenvalue weighted by Gasteiger charge is -2.32. The minimum Gasteiger partial charge on any atom is -0.355 e. The van der Waals surface area contributed by atoms with Crippen LogP contribution in [0.25, 0.3) is 0 Å². The molecule has 2 nitrogen and oxygen atoms in total. The molecule has 0 N–H and O–H groups in total. The van der Waals surface area contributed by atoms with Gasteiger partial charge in [0.2, 0.25) is 0 Å². The standard InChI is InChI=1S/C11H14Cl2N2/c1-8-3-2-4-15(7-8)11-10(13)5-9(12)6-14-11/h5-6,8H,2-4,7H2,1H3. The van der Waals surface area contributed by atoms with Gasteiger partial charge >= 0.3 is 0 Å². The number of aromatic nitrogens is 1. The fourth-order valence-corrected chi connectivity index (χ4v) is 2.52. The van der Waals surface area contributed by atoms with E-state index < -0.39 is 0 Å². The fraction of sp³-hybridized carbons (Fsp3) is 0.545. The molecule has 0 aromatic carbocycles. The van der Waals surface area contributed by atoms with Crippen molar-refractivity contribution in [2.24, 2.45) is 5.92 Å². The van der Waals surface area contributed by atoms with Gasteiger partial charge in [0.1, 0.15) is 5.82 Å². The number of pyridine rings is 1. The van der Waals surface area contributed by atoms with Crippen molar-refractivity contribution < 1.29 is 0 Å². The Morgan fingerprint density at radius 3 is 2.93 bits per heavy atom. The van der Waals surface area contributed by atoms with E-state index in [-0.39, 0.29) is 0 Å². The molecule has 1 unspecified atom stereocenters. The van der Waals surface area contributed by atoms with Crippen LogP contribution in [0.1, 0.15) is 19.8 Å². The maximum atomic E-state index is 6.12. The van der Waals surface area contributed by atoms with Crippen molar-refractivity contribution in [3.63, 3.8) is 0 Å². The zero-order chi connectivity index (χ0) is 10.8. The molecule has 0 amide bonds. The van der Waals surface area contributed by atoms with E-state index in [4.69, 9.17) is 23.2 Å². The first-order valence-electron chi connectivity index (χ1n) is 5.23. The number of rotatable bonds is 1. The van der Waals surface area contributed by atoms with Gasteiger partial charge in [0.15, 0.2) is 0 Å². The molecule has 1 aromatic heterocycles. The molecule has 1 atom stereocenters. The van der Waals surface area contributed by atoms with Gasteiger partial charge in [-0.05, 0) is 24.8 Å². The van der Waals surface area contributed by atoms with E-state index in [9.17, 15) is 0 Å². The van der Waals surface area contributed by atoms with Crippen LogP contribution in [0.3, 0.4) is 0 Å². The molecule has 1 aliphatic heterocycles. The zero-order valence-electron chi connectivity index (χ0n) is 8.71. The summed E-state index contributed by atoms with van der Waals surface area (Å²) < 4.78 is 0. The monoisotopic (exact) mass is 244 g/mol. The molecular formula is C11H14Cl2N2. The molecule has 0 radical (unpaired) electrons.